The third kappa shape index (κ3) is 5.35. The molecule has 1 saturated carbocycles. The lowest BCUT2D eigenvalue weighted by molar-refractivity contribution is -0.119. The van der Waals surface area contributed by atoms with Crippen LogP contribution in [-0.4, -0.2) is 44.5 Å². The van der Waals surface area contributed by atoms with E-state index in [1.165, 1.54) is 43.4 Å². The lowest BCUT2D eigenvalue weighted by Gasteiger charge is -2.30. The highest BCUT2D eigenvalue weighted by Gasteiger charge is 2.27. The molecular formula is C26H33N5O2. The number of amides is 3. The van der Waals surface area contributed by atoms with Crippen LogP contribution in [0.4, 0.5) is 21.9 Å². The molecule has 7 heteroatoms. The summed E-state index contributed by atoms with van der Waals surface area (Å²) in [6.07, 6.45) is 8.21. The van der Waals surface area contributed by atoms with Crippen molar-refractivity contribution in [1.29, 1.82) is 0 Å². The first kappa shape index (κ1) is 22.8. The highest BCUT2D eigenvalue weighted by atomic mass is 16.2. The van der Waals surface area contributed by atoms with Gasteiger partial charge in [0.15, 0.2) is 0 Å². The van der Waals surface area contributed by atoms with E-state index in [0.717, 1.165) is 22.5 Å². The van der Waals surface area contributed by atoms with Crippen molar-refractivity contribution in [2.45, 2.75) is 57.7 Å². The summed E-state index contributed by atoms with van der Waals surface area (Å²) in [5.41, 5.74) is 4.46. The molecule has 0 radical (unpaired) electrons. The molecule has 174 valence electrons. The summed E-state index contributed by atoms with van der Waals surface area (Å²) in [5.74, 6) is -0.288. The van der Waals surface area contributed by atoms with Crippen molar-refractivity contribution in [2.24, 2.45) is 4.99 Å². The normalized spacial score (nSPS) is 18.8. The van der Waals surface area contributed by atoms with Gasteiger partial charge in [-0.25, -0.2) is 4.79 Å². The van der Waals surface area contributed by atoms with Gasteiger partial charge in [-0.15, -0.1) is 0 Å². The number of anilines is 3. The number of likely N-dealkylation sites (N-methyl/N-ethyl adjacent to an activating group) is 1. The zero-order valence-electron chi connectivity index (χ0n) is 19.7. The molecule has 0 spiro atoms. The number of carbonyl (C=O) groups excluding carboxylic acids is 2. The number of hydrogen-bond donors (Lipinski definition) is 2. The number of urea groups is 1. The summed E-state index contributed by atoms with van der Waals surface area (Å²) in [7, 11) is 3.83. The van der Waals surface area contributed by atoms with Crippen LogP contribution in [0.2, 0.25) is 0 Å². The number of aryl methyl sites for hydroxylation is 1. The minimum atomic E-state index is -0.986. The topological polar surface area (TPSA) is 77.0 Å². The third-order valence-corrected chi connectivity index (χ3v) is 6.59. The Morgan fingerprint density at radius 2 is 1.82 bits per heavy atom. The molecule has 4 rings (SSSR count). The van der Waals surface area contributed by atoms with Gasteiger partial charge in [-0.05, 0) is 49.6 Å². The molecule has 1 unspecified atom stereocenters. The summed E-state index contributed by atoms with van der Waals surface area (Å²) >= 11 is 0. The van der Waals surface area contributed by atoms with Crippen molar-refractivity contribution in [2.75, 3.05) is 29.2 Å². The summed E-state index contributed by atoms with van der Waals surface area (Å²) in [6.45, 7) is 2.03. The van der Waals surface area contributed by atoms with Crippen molar-refractivity contribution >= 4 is 35.2 Å². The number of hydrogen-bond acceptors (Lipinski definition) is 4. The molecule has 3 amide bonds. The van der Waals surface area contributed by atoms with Crippen molar-refractivity contribution < 1.29 is 9.59 Å². The van der Waals surface area contributed by atoms with E-state index in [1.54, 1.807) is 13.3 Å². The second kappa shape index (κ2) is 10.1. The average molecular weight is 448 g/mol. The molecule has 7 nitrogen and oxygen atoms in total. The number of aliphatic imine (C=N–C) groups is 1. The smallest absolute Gasteiger partial charge is 0.321 e. The first-order valence-corrected chi connectivity index (χ1v) is 11.7. The monoisotopic (exact) mass is 447 g/mol. The Labute approximate surface area is 195 Å². The summed E-state index contributed by atoms with van der Waals surface area (Å²) in [5, 5.41) is 5.61. The van der Waals surface area contributed by atoms with Crippen molar-refractivity contribution in [3.63, 3.8) is 0 Å². The largest absolute Gasteiger partial charge is 0.372 e. The van der Waals surface area contributed by atoms with Crippen LogP contribution in [0.15, 0.2) is 47.5 Å². The summed E-state index contributed by atoms with van der Waals surface area (Å²) < 4.78 is 0. The minimum absolute atomic E-state index is 0.288. The second-order valence-corrected chi connectivity index (χ2v) is 9.05. The Morgan fingerprint density at radius 3 is 2.58 bits per heavy atom. The Hall–Kier alpha value is -3.35. The van der Waals surface area contributed by atoms with E-state index in [2.05, 4.69) is 33.6 Å². The van der Waals surface area contributed by atoms with Crippen LogP contribution in [0.5, 0.6) is 0 Å². The summed E-state index contributed by atoms with van der Waals surface area (Å²) in [4.78, 5) is 33.8. The van der Waals surface area contributed by atoms with Gasteiger partial charge < -0.3 is 20.4 Å². The summed E-state index contributed by atoms with van der Waals surface area (Å²) in [6, 6.07) is 13.7. The SMILES string of the molecule is Cc1cc(NC(=O)NC2N=Cc3ccccc3N(C)C2=O)cc(N(C)C2CCCCCC2)c1. The maximum Gasteiger partial charge on any atom is 0.321 e. The van der Waals surface area contributed by atoms with Crippen molar-refractivity contribution in [1.82, 2.24) is 5.32 Å². The van der Waals surface area contributed by atoms with Crippen LogP contribution < -0.4 is 20.4 Å². The lowest BCUT2D eigenvalue weighted by Crippen LogP contribution is -2.47. The Morgan fingerprint density at radius 1 is 1.09 bits per heavy atom. The van der Waals surface area contributed by atoms with Crippen LogP contribution in [-0.2, 0) is 4.79 Å². The molecule has 0 bridgehead atoms. The van der Waals surface area contributed by atoms with Gasteiger partial charge in [0.25, 0.3) is 5.91 Å². The molecule has 1 fully saturated rings. The molecular weight excluding hydrogens is 414 g/mol. The molecule has 2 aliphatic rings. The number of nitrogens with one attached hydrogen (secondary N) is 2. The zero-order chi connectivity index (χ0) is 23.4. The fourth-order valence-electron chi connectivity index (χ4n) is 4.71. The van der Waals surface area contributed by atoms with E-state index in [-0.39, 0.29) is 5.91 Å². The number of fused-ring (bicyclic) bond motifs is 1. The molecule has 1 atom stereocenters. The number of rotatable bonds is 4. The first-order valence-electron chi connectivity index (χ1n) is 11.7. The van der Waals surface area contributed by atoms with E-state index in [4.69, 9.17) is 0 Å². The van der Waals surface area contributed by atoms with E-state index in [0.29, 0.717) is 11.7 Å². The number of benzene rings is 2. The molecule has 2 aromatic rings. The minimum Gasteiger partial charge on any atom is -0.372 e. The molecule has 2 N–H and O–H groups in total. The van der Waals surface area contributed by atoms with Gasteiger partial charge in [0.05, 0.1) is 5.69 Å². The molecule has 0 aromatic heterocycles. The van der Waals surface area contributed by atoms with E-state index in [9.17, 15) is 9.59 Å². The quantitative estimate of drug-likeness (QED) is 0.667. The van der Waals surface area contributed by atoms with Crippen LogP contribution >= 0.6 is 0 Å². The Bertz CT molecular complexity index is 1040. The lowest BCUT2D eigenvalue weighted by atomic mass is 10.1. The number of para-hydroxylation sites is 1. The van der Waals surface area contributed by atoms with Crippen LogP contribution in [0.1, 0.15) is 49.7 Å². The predicted molar refractivity (Wildman–Crippen MR) is 134 cm³/mol. The average Bonchev–Trinajstić information content (AvgIpc) is 3.14. The first-order chi connectivity index (χ1) is 15.9. The van der Waals surface area contributed by atoms with Gasteiger partial charge in [-0.3, -0.25) is 9.79 Å². The van der Waals surface area contributed by atoms with Crippen LogP contribution in [0.25, 0.3) is 0 Å². The highest BCUT2D eigenvalue weighted by molar-refractivity contribution is 6.06. The predicted octanol–water partition coefficient (Wildman–Crippen LogP) is 4.70. The molecule has 1 heterocycles. The van der Waals surface area contributed by atoms with Gasteiger partial charge in [0.2, 0.25) is 6.17 Å². The Balaban J connectivity index is 1.45. The van der Waals surface area contributed by atoms with Crippen molar-refractivity contribution in [3.05, 3.63) is 53.6 Å². The highest BCUT2D eigenvalue weighted by Crippen LogP contribution is 2.28. The number of carbonyl (C=O) groups is 2. The zero-order valence-corrected chi connectivity index (χ0v) is 19.7. The van der Waals surface area contributed by atoms with E-state index < -0.39 is 12.2 Å². The van der Waals surface area contributed by atoms with E-state index in [1.807, 2.05) is 43.3 Å². The van der Waals surface area contributed by atoms with Gasteiger partial charge in [0, 0.05) is 43.3 Å². The van der Waals surface area contributed by atoms with Crippen LogP contribution in [0.3, 0.4) is 0 Å². The van der Waals surface area contributed by atoms with Gasteiger partial charge >= 0.3 is 6.03 Å². The molecule has 33 heavy (non-hydrogen) atoms. The standard InChI is InChI=1S/C26H33N5O2/c1-18-14-20(16-22(15-18)30(2)21-11-6-4-5-7-12-21)28-26(33)29-24-25(32)31(3)23-13-9-8-10-19(23)17-27-24/h8-10,13-17,21,24H,4-7,11-12H2,1-3H3,(H2,28,29,33). The molecule has 1 aliphatic carbocycles. The van der Waals surface area contributed by atoms with Gasteiger partial charge in [-0.1, -0.05) is 43.9 Å². The molecule has 1 aliphatic heterocycles. The fraction of sp³-hybridized carbons (Fsp3) is 0.423. The molecule has 0 saturated heterocycles. The maximum absolute atomic E-state index is 12.9. The number of nitrogens with zero attached hydrogens (tertiary/aromatic N) is 3. The Kier molecular flexibility index (Phi) is 6.96. The maximum atomic E-state index is 12.9. The van der Waals surface area contributed by atoms with Gasteiger partial charge in [-0.2, -0.15) is 0 Å². The van der Waals surface area contributed by atoms with Gasteiger partial charge in [0.1, 0.15) is 0 Å². The van der Waals surface area contributed by atoms with Crippen LogP contribution in [0, 0.1) is 6.92 Å². The second-order valence-electron chi connectivity index (χ2n) is 9.05. The van der Waals surface area contributed by atoms with E-state index >= 15 is 0 Å². The van der Waals surface area contributed by atoms with Crippen molar-refractivity contribution in [3.8, 4) is 0 Å². The fourth-order valence-corrected chi connectivity index (χ4v) is 4.71. The molecule has 2 aromatic carbocycles. The third-order valence-electron chi connectivity index (χ3n) is 6.59. The number of benzodiazepines with no additional fused rings is 1.